The van der Waals surface area contributed by atoms with Gasteiger partial charge in [-0.05, 0) is 42.9 Å². The van der Waals surface area contributed by atoms with Crippen LogP contribution in [0.4, 0.5) is 5.69 Å². The number of ether oxygens (including phenoxy) is 1. The molecule has 11 heteroatoms. The lowest BCUT2D eigenvalue weighted by molar-refractivity contribution is -0.345. The highest BCUT2D eigenvalue weighted by Gasteiger charge is 2.37. The van der Waals surface area contributed by atoms with Crippen LogP contribution in [0.2, 0.25) is 5.02 Å². The zero-order chi connectivity index (χ0) is 23.8. The molecule has 2 aromatic carbocycles. The average Bonchev–Trinajstić information content (AvgIpc) is 2.87. The van der Waals surface area contributed by atoms with Crippen molar-refractivity contribution < 1.29 is 34.4 Å². The molecule has 2 atom stereocenters. The molecule has 172 valence electrons. The summed E-state index contributed by atoms with van der Waals surface area (Å²) < 4.78 is 5.19. The van der Waals surface area contributed by atoms with E-state index in [4.69, 9.17) is 36.1 Å². The van der Waals surface area contributed by atoms with Crippen LogP contribution in [0.1, 0.15) is 10.8 Å². The fraction of sp³-hybridized carbons (Fsp3) is 0.286. The number of nitrogens with one attached hydrogen (secondary N) is 1. The largest absolute Gasteiger partial charge is 0.543 e. The number of hydrogen-bond acceptors (Lipinski definition) is 9. The second-order valence-corrected chi connectivity index (χ2v) is 8.16. The van der Waals surface area contributed by atoms with Crippen molar-refractivity contribution in [1.29, 1.82) is 0 Å². The summed E-state index contributed by atoms with van der Waals surface area (Å²) in [6.45, 7) is 1.09. The molecule has 3 rings (SSSR count). The lowest BCUT2D eigenvalue weighted by Crippen LogP contribution is -2.43. The van der Waals surface area contributed by atoms with Gasteiger partial charge in [0.05, 0.1) is 30.0 Å². The summed E-state index contributed by atoms with van der Waals surface area (Å²) in [5.41, 5.74) is 1.63. The van der Waals surface area contributed by atoms with E-state index >= 15 is 0 Å². The molecule has 0 radical (unpaired) electrons. The quantitative estimate of drug-likeness (QED) is 0.546. The number of carboxylic acids is 2. The molecule has 2 N–H and O–H groups in total. The third-order valence-electron chi connectivity index (χ3n) is 4.47. The number of methoxy groups -OCH3 is 1. The summed E-state index contributed by atoms with van der Waals surface area (Å²) in [4.78, 5) is 33.3. The van der Waals surface area contributed by atoms with Crippen LogP contribution in [-0.4, -0.2) is 56.3 Å². The maximum atomic E-state index is 13.0. The highest BCUT2D eigenvalue weighted by Crippen LogP contribution is 2.46. The van der Waals surface area contributed by atoms with Crippen LogP contribution in [0.25, 0.3) is 0 Å². The number of hydrogen-bond donors (Lipinski definition) is 2. The summed E-state index contributed by atoms with van der Waals surface area (Å²) in [6, 6.07) is 12.9. The Morgan fingerprint density at radius 1 is 1.19 bits per heavy atom. The number of carbonyl (C=O) groups is 3. The first-order valence-corrected chi connectivity index (χ1v) is 10.6. The molecule has 0 saturated carbocycles. The Labute approximate surface area is 193 Å². The standard InChI is InChI=1S/C19H21ClN2O3S.C2H2O4/c1-21-9-10-22-15-8-5-13(20)11-16(15)26-18(17(23)19(22)24)12-3-6-14(25-2)7-4-12;3-1(4)2(5)6/h3-8,11,17-18,21,23H,9-10H2,1-2H3;(H,3,4)(H,5,6)/p-2. The van der Waals surface area contributed by atoms with Gasteiger partial charge in [0.2, 0.25) is 0 Å². The number of aliphatic carboxylic acids is 2. The summed E-state index contributed by atoms with van der Waals surface area (Å²) in [5.74, 6) is -3.95. The zero-order valence-corrected chi connectivity index (χ0v) is 18.8. The Morgan fingerprint density at radius 2 is 1.81 bits per heavy atom. The van der Waals surface area contributed by atoms with Gasteiger partial charge in [-0.3, -0.25) is 4.79 Å². The Kier molecular flexibility index (Phi) is 9.33. The van der Waals surface area contributed by atoms with Crippen LogP contribution >= 0.6 is 23.4 Å². The second-order valence-electron chi connectivity index (χ2n) is 6.54. The topological polar surface area (TPSA) is 142 Å². The minimum Gasteiger partial charge on any atom is -0.543 e. The molecular formula is C21H21ClN2O7S-2. The third-order valence-corrected chi connectivity index (χ3v) is 6.07. The normalized spacial score (nSPS) is 17.5. The molecule has 0 aromatic heterocycles. The van der Waals surface area contributed by atoms with Crippen molar-refractivity contribution in [2.45, 2.75) is 16.2 Å². The molecule has 2 aromatic rings. The molecule has 1 aliphatic rings. The smallest absolute Gasteiger partial charge is 0.257 e. The summed E-state index contributed by atoms with van der Waals surface area (Å²) in [5, 5.41) is 31.9. The van der Waals surface area contributed by atoms with Gasteiger partial charge in [-0.2, -0.15) is 0 Å². The zero-order valence-electron chi connectivity index (χ0n) is 17.2. The number of amides is 1. The molecule has 1 heterocycles. The van der Waals surface area contributed by atoms with Crippen molar-refractivity contribution in [2.75, 3.05) is 32.1 Å². The number of anilines is 1. The number of aliphatic hydroxyl groups is 1. The van der Waals surface area contributed by atoms with Crippen molar-refractivity contribution in [3.8, 4) is 5.75 Å². The lowest BCUT2D eigenvalue weighted by Gasteiger charge is -2.25. The molecule has 9 nitrogen and oxygen atoms in total. The first kappa shape index (κ1) is 25.5. The van der Waals surface area contributed by atoms with Crippen LogP contribution in [0, 0.1) is 0 Å². The van der Waals surface area contributed by atoms with Crippen LogP contribution < -0.4 is 25.2 Å². The maximum Gasteiger partial charge on any atom is 0.257 e. The Hall–Kier alpha value is -2.79. The van der Waals surface area contributed by atoms with E-state index in [0.717, 1.165) is 21.9 Å². The number of thioether (sulfide) groups is 1. The molecule has 0 spiro atoms. The summed E-state index contributed by atoms with van der Waals surface area (Å²) in [6.07, 6.45) is -1.16. The third kappa shape index (κ3) is 6.36. The molecule has 32 heavy (non-hydrogen) atoms. The molecule has 2 unspecified atom stereocenters. The lowest BCUT2D eigenvalue weighted by atomic mass is 10.1. The van der Waals surface area contributed by atoms with Gasteiger partial charge in [0, 0.05) is 23.0 Å². The van der Waals surface area contributed by atoms with Crippen LogP contribution in [0.3, 0.4) is 0 Å². The Bertz CT molecular complexity index is 959. The van der Waals surface area contributed by atoms with E-state index in [2.05, 4.69) is 5.32 Å². The number of nitrogens with zero attached hydrogens (tertiary/aromatic N) is 1. The first-order valence-electron chi connectivity index (χ1n) is 9.36. The molecule has 0 fully saturated rings. The number of benzene rings is 2. The molecule has 0 saturated heterocycles. The van der Waals surface area contributed by atoms with E-state index in [0.29, 0.717) is 18.1 Å². The van der Waals surface area contributed by atoms with Crippen LogP contribution in [0.15, 0.2) is 47.4 Å². The van der Waals surface area contributed by atoms with Gasteiger partial charge in [-0.1, -0.05) is 23.7 Å². The number of carboxylic acid groups (broad SMARTS) is 2. The number of aliphatic hydroxyl groups excluding tert-OH is 1. The van der Waals surface area contributed by atoms with Crippen LogP contribution in [0.5, 0.6) is 5.75 Å². The molecule has 1 amide bonds. The van der Waals surface area contributed by atoms with E-state index in [1.54, 1.807) is 18.1 Å². The van der Waals surface area contributed by atoms with Gasteiger partial charge < -0.3 is 39.9 Å². The van der Waals surface area contributed by atoms with Gasteiger partial charge in [0.15, 0.2) is 0 Å². The van der Waals surface area contributed by atoms with E-state index < -0.39 is 23.3 Å². The van der Waals surface area contributed by atoms with Gasteiger partial charge in [-0.15, -0.1) is 11.8 Å². The van der Waals surface area contributed by atoms with Gasteiger partial charge >= 0.3 is 0 Å². The fourth-order valence-corrected chi connectivity index (χ4v) is 4.46. The van der Waals surface area contributed by atoms with E-state index in [1.165, 1.54) is 11.8 Å². The van der Waals surface area contributed by atoms with Crippen molar-refractivity contribution in [1.82, 2.24) is 5.32 Å². The maximum absolute atomic E-state index is 13.0. The Morgan fingerprint density at radius 3 is 2.34 bits per heavy atom. The van der Waals surface area contributed by atoms with Crippen LogP contribution in [-0.2, 0) is 14.4 Å². The molecule has 0 bridgehead atoms. The Balaban J connectivity index is 0.000000534. The highest BCUT2D eigenvalue weighted by molar-refractivity contribution is 7.99. The molecular weight excluding hydrogens is 460 g/mol. The van der Waals surface area contributed by atoms with E-state index in [-0.39, 0.29) is 5.91 Å². The average molecular weight is 481 g/mol. The fourth-order valence-electron chi connectivity index (χ4n) is 2.91. The number of halogens is 1. The minimum atomic E-state index is -2.19. The predicted octanol–water partition coefficient (Wildman–Crippen LogP) is -0.405. The monoisotopic (exact) mass is 480 g/mol. The van der Waals surface area contributed by atoms with Crippen molar-refractivity contribution in [3.05, 3.63) is 53.1 Å². The number of likely N-dealkylation sites (N-methyl/N-ethyl adjacent to an activating group) is 1. The van der Waals surface area contributed by atoms with Gasteiger partial charge in [-0.25, -0.2) is 0 Å². The number of fused-ring (bicyclic) bond motifs is 1. The minimum absolute atomic E-state index is 0.311. The van der Waals surface area contributed by atoms with Crippen molar-refractivity contribution in [3.63, 3.8) is 0 Å². The van der Waals surface area contributed by atoms with Crippen molar-refractivity contribution >= 4 is 46.9 Å². The van der Waals surface area contributed by atoms with E-state index in [9.17, 15) is 9.90 Å². The van der Waals surface area contributed by atoms with E-state index in [1.807, 2.05) is 43.4 Å². The van der Waals surface area contributed by atoms with Gasteiger partial charge in [0.1, 0.15) is 11.9 Å². The number of rotatable bonds is 5. The summed E-state index contributed by atoms with van der Waals surface area (Å²) >= 11 is 7.63. The summed E-state index contributed by atoms with van der Waals surface area (Å²) in [7, 11) is 3.43. The first-order chi connectivity index (χ1) is 15.2. The van der Waals surface area contributed by atoms with Gasteiger partial charge in [0.25, 0.3) is 5.91 Å². The second kappa shape index (κ2) is 11.7. The van der Waals surface area contributed by atoms with Crippen molar-refractivity contribution in [2.24, 2.45) is 0 Å². The molecule has 1 aliphatic heterocycles. The predicted molar refractivity (Wildman–Crippen MR) is 115 cm³/mol. The molecule has 0 aliphatic carbocycles. The number of carbonyl (C=O) groups excluding carboxylic acids is 3. The SMILES string of the molecule is CNCCN1C(=O)C(O)C(c2ccc(OC)cc2)Sc2cc(Cl)ccc21.O=C([O-])C(=O)[O-]. The highest BCUT2D eigenvalue weighted by atomic mass is 35.5.